The van der Waals surface area contributed by atoms with Crippen molar-refractivity contribution < 1.29 is 18.6 Å². The van der Waals surface area contributed by atoms with E-state index >= 15 is 0 Å². The van der Waals surface area contributed by atoms with Gasteiger partial charge in [-0.1, -0.05) is 0 Å². The second kappa shape index (κ2) is 13.1. The molecule has 2 rings (SSSR count). The molecule has 1 aromatic carbocycles. The van der Waals surface area contributed by atoms with Crippen LogP contribution in [0.1, 0.15) is 12.8 Å². The largest absolute Gasteiger partial charge is 0.492 e. The summed E-state index contributed by atoms with van der Waals surface area (Å²) in [6.07, 6.45) is 2.47. The zero-order valence-corrected chi connectivity index (χ0v) is 17.8. The molecule has 1 unspecified atom stereocenters. The van der Waals surface area contributed by atoms with Crippen molar-refractivity contribution >= 4 is 29.9 Å². The third kappa shape index (κ3) is 8.50. The third-order valence-electron chi connectivity index (χ3n) is 3.94. The molecule has 0 amide bonds. The summed E-state index contributed by atoms with van der Waals surface area (Å²) < 4.78 is 29.6. The van der Waals surface area contributed by atoms with E-state index in [1.165, 1.54) is 12.1 Å². The summed E-state index contributed by atoms with van der Waals surface area (Å²) in [6.45, 7) is 3.94. The number of guanidine groups is 1. The van der Waals surface area contributed by atoms with Gasteiger partial charge in [-0.2, -0.15) is 0 Å². The Labute approximate surface area is 172 Å². The number of rotatable bonds is 9. The maximum absolute atomic E-state index is 12.8. The summed E-state index contributed by atoms with van der Waals surface area (Å²) in [5, 5.41) is 3.26. The topological polar surface area (TPSA) is 55.3 Å². The number of hydrogen-bond acceptors (Lipinski definition) is 4. The molecule has 1 atom stereocenters. The van der Waals surface area contributed by atoms with Crippen LogP contribution in [0, 0.1) is 5.82 Å². The Balaban J connectivity index is 0.00000338. The van der Waals surface area contributed by atoms with Crippen LogP contribution in [-0.2, 0) is 9.47 Å². The molecular formula is C18H29FIN3O3. The molecule has 0 saturated carbocycles. The van der Waals surface area contributed by atoms with Gasteiger partial charge in [-0.05, 0) is 37.1 Å². The minimum Gasteiger partial charge on any atom is -0.492 e. The summed E-state index contributed by atoms with van der Waals surface area (Å²) in [5.41, 5.74) is 0. The molecular weight excluding hydrogens is 452 g/mol. The van der Waals surface area contributed by atoms with Gasteiger partial charge in [0.1, 0.15) is 18.2 Å². The fourth-order valence-electron chi connectivity index (χ4n) is 2.55. The number of hydrogen-bond donors (Lipinski definition) is 1. The van der Waals surface area contributed by atoms with Crippen molar-refractivity contribution in [3.05, 3.63) is 30.1 Å². The van der Waals surface area contributed by atoms with Crippen molar-refractivity contribution in [3.63, 3.8) is 0 Å². The second-order valence-corrected chi connectivity index (χ2v) is 5.91. The molecule has 0 radical (unpaired) electrons. The van der Waals surface area contributed by atoms with Crippen molar-refractivity contribution in [2.24, 2.45) is 4.99 Å². The van der Waals surface area contributed by atoms with E-state index in [4.69, 9.17) is 14.2 Å². The quantitative estimate of drug-likeness (QED) is 0.254. The zero-order chi connectivity index (χ0) is 17.9. The Morgan fingerprint density at radius 2 is 2.12 bits per heavy atom. The van der Waals surface area contributed by atoms with Gasteiger partial charge in [0.15, 0.2) is 5.96 Å². The third-order valence-corrected chi connectivity index (χ3v) is 3.94. The zero-order valence-electron chi connectivity index (χ0n) is 15.4. The molecule has 148 valence electrons. The number of nitrogens with zero attached hydrogens (tertiary/aromatic N) is 2. The first kappa shape index (κ1) is 22.9. The Morgan fingerprint density at radius 3 is 2.77 bits per heavy atom. The maximum atomic E-state index is 12.8. The van der Waals surface area contributed by atoms with Crippen molar-refractivity contribution in [3.8, 4) is 5.75 Å². The molecule has 6 nitrogen and oxygen atoms in total. The number of halogens is 2. The van der Waals surface area contributed by atoms with Crippen LogP contribution >= 0.6 is 24.0 Å². The number of benzene rings is 1. The van der Waals surface area contributed by atoms with Crippen LogP contribution in [0.25, 0.3) is 0 Å². The molecule has 1 heterocycles. The van der Waals surface area contributed by atoms with Crippen LogP contribution in [0.2, 0.25) is 0 Å². The average molecular weight is 481 g/mol. The average Bonchev–Trinajstić information content (AvgIpc) is 3.13. The summed E-state index contributed by atoms with van der Waals surface area (Å²) >= 11 is 0. The molecule has 1 aliphatic heterocycles. The first-order valence-corrected chi connectivity index (χ1v) is 8.68. The first-order chi connectivity index (χ1) is 12.2. The van der Waals surface area contributed by atoms with Gasteiger partial charge in [-0.25, -0.2) is 4.39 Å². The summed E-state index contributed by atoms with van der Waals surface area (Å²) in [7, 11) is 3.68. The van der Waals surface area contributed by atoms with Gasteiger partial charge >= 0.3 is 0 Å². The summed E-state index contributed by atoms with van der Waals surface area (Å²) in [6, 6.07) is 6.01. The van der Waals surface area contributed by atoms with Gasteiger partial charge in [0.05, 0.1) is 25.9 Å². The SMILES string of the molecule is CN=C(NCCOCC1CCCO1)N(C)CCOc1ccc(F)cc1.I. The molecule has 1 saturated heterocycles. The normalized spacial score (nSPS) is 16.9. The fraction of sp³-hybridized carbons (Fsp3) is 0.611. The second-order valence-electron chi connectivity index (χ2n) is 5.91. The molecule has 1 aromatic rings. The molecule has 0 aromatic heterocycles. The molecule has 0 bridgehead atoms. The van der Waals surface area contributed by atoms with Crippen LogP contribution in [0.15, 0.2) is 29.3 Å². The van der Waals surface area contributed by atoms with Gasteiger partial charge in [0, 0.05) is 27.2 Å². The number of ether oxygens (including phenoxy) is 3. The highest BCUT2D eigenvalue weighted by atomic mass is 127. The van der Waals surface area contributed by atoms with Crippen molar-refractivity contribution in [1.29, 1.82) is 0 Å². The van der Waals surface area contributed by atoms with E-state index in [9.17, 15) is 4.39 Å². The Bertz CT molecular complexity index is 525. The van der Waals surface area contributed by atoms with Gasteiger partial charge in [0.2, 0.25) is 0 Å². The fourth-order valence-corrected chi connectivity index (χ4v) is 2.55. The number of nitrogens with one attached hydrogen (secondary N) is 1. The van der Waals surface area contributed by atoms with Gasteiger partial charge in [-0.3, -0.25) is 4.99 Å². The molecule has 1 N–H and O–H groups in total. The lowest BCUT2D eigenvalue weighted by Gasteiger charge is -2.22. The Kier molecular flexibility index (Phi) is 11.5. The van der Waals surface area contributed by atoms with E-state index in [0.29, 0.717) is 38.7 Å². The van der Waals surface area contributed by atoms with Crippen molar-refractivity contribution in [1.82, 2.24) is 10.2 Å². The number of likely N-dealkylation sites (N-methyl/N-ethyl adjacent to an activating group) is 1. The monoisotopic (exact) mass is 481 g/mol. The van der Waals surface area contributed by atoms with Gasteiger partial charge in [0.25, 0.3) is 0 Å². The lowest BCUT2D eigenvalue weighted by Crippen LogP contribution is -2.42. The molecule has 1 fully saturated rings. The maximum Gasteiger partial charge on any atom is 0.193 e. The summed E-state index contributed by atoms with van der Waals surface area (Å²) in [4.78, 5) is 6.22. The standard InChI is InChI=1S/C18H28FN3O3.HI/c1-20-18(21-9-12-23-14-17-4-3-11-24-17)22(2)10-13-25-16-7-5-15(19)6-8-16;/h5-8,17H,3-4,9-14H2,1-2H3,(H,20,21);1H. The van der Waals surface area contributed by atoms with Crippen molar-refractivity contribution in [2.75, 3.05) is 53.6 Å². The minimum absolute atomic E-state index is 0. The Hall–Kier alpha value is -1.13. The highest BCUT2D eigenvalue weighted by Gasteiger charge is 2.15. The van der Waals surface area contributed by atoms with Crippen molar-refractivity contribution in [2.45, 2.75) is 18.9 Å². The summed E-state index contributed by atoms with van der Waals surface area (Å²) in [5.74, 6) is 1.17. The van der Waals surface area contributed by atoms with Crippen LogP contribution in [-0.4, -0.2) is 70.6 Å². The lowest BCUT2D eigenvalue weighted by molar-refractivity contribution is 0.0190. The van der Waals surface area contributed by atoms with Gasteiger partial charge < -0.3 is 24.4 Å². The molecule has 1 aliphatic rings. The molecule has 0 aliphatic carbocycles. The van der Waals surface area contributed by atoms with E-state index in [2.05, 4.69) is 10.3 Å². The predicted molar refractivity (Wildman–Crippen MR) is 111 cm³/mol. The van der Waals surface area contributed by atoms with Crippen LogP contribution in [0.4, 0.5) is 4.39 Å². The number of aliphatic imine (C=N–C) groups is 1. The van der Waals surface area contributed by atoms with Crippen LogP contribution in [0.3, 0.4) is 0 Å². The van der Waals surface area contributed by atoms with Crippen LogP contribution < -0.4 is 10.1 Å². The smallest absolute Gasteiger partial charge is 0.193 e. The first-order valence-electron chi connectivity index (χ1n) is 8.68. The van der Waals surface area contributed by atoms with Gasteiger partial charge in [-0.15, -0.1) is 24.0 Å². The highest BCUT2D eigenvalue weighted by Crippen LogP contribution is 2.12. The van der Waals surface area contributed by atoms with E-state index in [-0.39, 0.29) is 35.9 Å². The molecule has 26 heavy (non-hydrogen) atoms. The van der Waals surface area contributed by atoms with E-state index in [1.54, 1.807) is 19.2 Å². The van der Waals surface area contributed by atoms with Crippen LogP contribution in [0.5, 0.6) is 5.75 Å². The van der Waals surface area contributed by atoms with E-state index < -0.39 is 0 Å². The Morgan fingerprint density at radius 1 is 1.35 bits per heavy atom. The molecule has 0 spiro atoms. The van der Waals surface area contributed by atoms with E-state index in [0.717, 1.165) is 25.4 Å². The molecule has 8 heteroatoms. The lowest BCUT2D eigenvalue weighted by atomic mass is 10.2. The predicted octanol–water partition coefficient (Wildman–Crippen LogP) is 2.53. The van der Waals surface area contributed by atoms with E-state index in [1.807, 2.05) is 11.9 Å². The highest BCUT2D eigenvalue weighted by molar-refractivity contribution is 14.0. The minimum atomic E-state index is -0.268.